The summed E-state index contributed by atoms with van der Waals surface area (Å²) in [4.78, 5) is 13.6. The Morgan fingerprint density at radius 2 is 1.90 bits per heavy atom. The SMILES string of the molecule is CC1CCCC(O)(C2(N)CN(C(=O)OC(C)(C)C)C2)CC1. The van der Waals surface area contributed by atoms with Crippen molar-refractivity contribution in [2.75, 3.05) is 13.1 Å². The van der Waals surface area contributed by atoms with Crippen LogP contribution in [0.4, 0.5) is 4.79 Å². The second-order valence-corrected chi connectivity index (χ2v) is 8.06. The third-order valence-corrected chi connectivity index (χ3v) is 4.86. The molecule has 0 radical (unpaired) electrons. The third-order valence-electron chi connectivity index (χ3n) is 4.86. The first-order valence-electron chi connectivity index (χ1n) is 8.04. The van der Waals surface area contributed by atoms with E-state index >= 15 is 0 Å². The second-order valence-electron chi connectivity index (χ2n) is 8.06. The predicted octanol–water partition coefficient (Wildman–Crippen LogP) is 2.27. The van der Waals surface area contributed by atoms with E-state index in [0.29, 0.717) is 19.0 Å². The Balaban J connectivity index is 1.95. The van der Waals surface area contributed by atoms with Crippen molar-refractivity contribution in [2.24, 2.45) is 11.7 Å². The number of nitrogens with two attached hydrogens (primary N) is 1. The Labute approximate surface area is 127 Å². The summed E-state index contributed by atoms with van der Waals surface area (Å²) in [5.41, 5.74) is 4.38. The number of aliphatic hydroxyl groups is 1. The van der Waals surface area contributed by atoms with Crippen LogP contribution in [0.1, 0.15) is 59.8 Å². The van der Waals surface area contributed by atoms with E-state index in [2.05, 4.69) is 6.92 Å². The van der Waals surface area contributed by atoms with Gasteiger partial charge in [0.2, 0.25) is 0 Å². The molecule has 0 bridgehead atoms. The molecule has 2 aliphatic rings. The lowest BCUT2D eigenvalue weighted by molar-refractivity contribution is -0.113. The highest BCUT2D eigenvalue weighted by atomic mass is 16.6. The highest BCUT2D eigenvalue weighted by molar-refractivity contribution is 5.70. The molecule has 1 aliphatic heterocycles. The van der Waals surface area contributed by atoms with E-state index in [-0.39, 0.29) is 6.09 Å². The molecule has 1 saturated heterocycles. The minimum atomic E-state index is -0.851. The van der Waals surface area contributed by atoms with Crippen molar-refractivity contribution >= 4 is 6.09 Å². The van der Waals surface area contributed by atoms with Gasteiger partial charge >= 0.3 is 6.09 Å². The highest BCUT2D eigenvalue weighted by Gasteiger charge is 2.56. The van der Waals surface area contributed by atoms with E-state index in [1.165, 1.54) is 0 Å². The molecule has 3 N–H and O–H groups in total. The first-order valence-corrected chi connectivity index (χ1v) is 8.04. The standard InChI is InChI=1S/C16H30N2O3/c1-12-6-5-8-16(20,9-7-12)15(17)10-18(11-15)13(19)21-14(2,3)4/h12,20H,5-11,17H2,1-4H3. The van der Waals surface area contributed by atoms with Crippen LogP contribution in [0.2, 0.25) is 0 Å². The number of hydrogen-bond acceptors (Lipinski definition) is 4. The smallest absolute Gasteiger partial charge is 0.410 e. The number of ether oxygens (including phenoxy) is 1. The zero-order valence-corrected chi connectivity index (χ0v) is 13.8. The van der Waals surface area contributed by atoms with Crippen molar-refractivity contribution in [2.45, 2.75) is 76.5 Å². The van der Waals surface area contributed by atoms with Gasteiger partial charge in [0.25, 0.3) is 0 Å². The molecule has 5 nitrogen and oxygen atoms in total. The quantitative estimate of drug-likeness (QED) is 0.728. The van der Waals surface area contributed by atoms with Crippen LogP contribution in [0.5, 0.6) is 0 Å². The molecule has 1 aliphatic carbocycles. The fraction of sp³-hybridized carbons (Fsp3) is 0.938. The number of carbonyl (C=O) groups is 1. The van der Waals surface area contributed by atoms with Crippen molar-refractivity contribution in [3.8, 4) is 0 Å². The third kappa shape index (κ3) is 3.51. The Kier molecular flexibility index (Phi) is 4.28. The van der Waals surface area contributed by atoms with E-state index < -0.39 is 16.7 Å². The average molecular weight is 298 g/mol. The number of amides is 1. The number of carbonyl (C=O) groups excluding carboxylic acids is 1. The molecule has 0 aromatic rings. The topological polar surface area (TPSA) is 75.8 Å². The van der Waals surface area contributed by atoms with Crippen LogP contribution in [-0.2, 0) is 4.74 Å². The molecule has 21 heavy (non-hydrogen) atoms. The lowest BCUT2D eigenvalue weighted by atomic mass is 9.70. The lowest BCUT2D eigenvalue weighted by Gasteiger charge is -2.55. The van der Waals surface area contributed by atoms with Crippen LogP contribution in [0.25, 0.3) is 0 Å². The Morgan fingerprint density at radius 1 is 1.29 bits per heavy atom. The summed E-state index contributed by atoms with van der Waals surface area (Å²) in [7, 11) is 0. The Bertz CT molecular complexity index is 399. The van der Waals surface area contributed by atoms with E-state index in [4.69, 9.17) is 10.5 Å². The molecular formula is C16H30N2O3. The number of hydrogen-bond donors (Lipinski definition) is 2. The summed E-state index contributed by atoms with van der Waals surface area (Å²) in [5.74, 6) is 0.643. The normalized spacial score (nSPS) is 33.0. The molecule has 2 rings (SSSR count). The molecule has 1 heterocycles. The van der Waals surface area contributed by atoms with E-state index in [9.17, 15) is 9.90 Å². The van der Waals surface area contributed by atoms with Gasteiger partial charge in [-0.15, -0.1) is 0 Å². The zero-order valence-electron chi connectivity index (χ0n) is 13.8. The molecule has 2 atom stereocenters. The minimum Gasteiger partial charge on any atom is -0.444 e. The molecule has 1 amide bonds. The minimum absolute atomic E-state index is 0.339. The van der Waals surface area contributed by atoms with Gasteiger partial charge in [-0.2, -0.15) is 0 Å². The molecule has 0 aromatic heterocycles. The van der Waals surface area contributed by atoms with Gasteiger partial charge in [-0.05, 0) is 46.0 Å². The van der Waals surface area contributed by atoms with Crippen LogP contribution >= 0.6 is 0 Å². The molecule has 0 aromatic carbocycles. The molecule has 2 unspecified atom stereocenters. The summed E-state index contributed by atoms with van der Waals surface area (Å²) in [5, 5.41) is 11.0. The van der Waals surface area contributed by atoms with Gasteiger partial charge in [-0.25, -0.2) is 4.79 Å². The molecule has 2 fully saturated rings. The van der Waals surface area contributed by atoms with Gasteiger partial charge in [0.15, 0.2) is 0 Å². The highest BCUT2D eigenvalue weighted by Crippen LogP contribution is 2.41. The van der Waals surface area contributed by atoms with Crippen molar-refractivity contribution in [1.29, 1.82) is 0 Å². The van der Waals surface area contributed by atoms with Crippen molar-refractivity contribution in [3.05, 3.63) is 0 Å². The van der Waals surface area contributed by atoms with Crippen molar-refractivity contribution < 1.29 is 14.6 Å². The van der Waals surface area contributed by atoms with Gasteiger partial charge in [-0.1, -0.05) is 19.8 Å². The molecule has 5 heteroatoms. The van der Waals surface area contributed by atoms with E-state index in [0.717, 1.165) is 32.1 Å². The van der Waals surface area contributed by atoms with Crippen LogP contribution in [-0.4, -0.2) is 45.9 Å². The molecule has 0 spiro atoms. The number of likely N-dealkylation sites (tertiary alicyclic amines) is 1. The summed E-state index contributed by atoms with van der Waals surface area (Å²) >= 11 is 0. The van der Waals surface area contributed by atoms with Gasteiger partial charge < -0.3 is 20.5 Å². The van der Waals surface area contributed by atoms with Crippen LogP contribution < -0.4 is 5.73 Å². The summed E-state index contributed by atoms with van der Waals surface area (Å²) in [6, 6.07) is 0. The number of rotatable bonds is 1. The fourth-order valence-corrected chi connectivity index (χ4v) is 3.38. The first-order chi connectivity index (χ1) is 9.55. The molecule has 122 valence electrons. The van der Waals surface area contributed by atoms with Gasteiger partial charge in [-0.3, -0.25) is 0 Å². The Hall–Kier alpha value is -0.810. The van der Waals surface area contributed by atoms with Gasteiger partial charge in [0.05, 0.1) is 11.1 Å². The molecular weight excluding hydrogens is 268 g/mol. The Morgan fingerprint density at radius 3 is 2.48 bits per heavy atom. The largest absolute Gasteiger partial charge is 0.444 e. The first kappa shape index (κ1) is 16.6. The lowest BCUT2D eigenvalue weighted by Crippen LogP contribution is -2.78. The van der Waals surface area contributed by atoms with Crippen molar-refractivity contribution in [3.63, 3.8) is 0 Å². The van der Waals surface area contributed by atoms with Crippen LogP contribution in [0.3, 0.4) is 0 Å². The van der Waals surface area contributed by atoms with Gasteiger partial charge in [0.1, 0.15) is 5.60 Å². The van der Waals surface area contributed by atoms with Gasteiger partial charge in [0, 0.05) is 13.1 Å². The number of nitrogens with zero attached hydrogens (tertiary/aromatic N) is 1. The monoisotopic (exact) mass is 298 g/mol. The summed E-state index contributed by atoms with van der Waals surface area (Å²) in [6.45, 7) is 8.53. The molecule has 1 saturated carbocycles. The second kappa shape index (κ2) is 5.43. The van der Waals surface area contributed by atoms with Crippen LogP contribution in [0, 0.1) is 5.92 Å². The van der Waals surface area contributed by atoms with E-state index in [1.54, 1.807) is 4.90 Å². The van der Waals surface area contributed by atoms with Crippen LogP contribution in [0.15, 0.2) is 0 Å². The van der Waals surface area contributed by atoms with E-state index in [1.807, 2.05) is 20.8 Å². The van der Waals surface area contributed by atoms with Crippen molar-refractivity contribution in [1.82, 2.24) is 4.90 Å². The fourth-order valence-electron chi connectivity index (χ4n) is 3.38. The maximum atomic E-state index is 12.0. The maximum Gasteiger partial charge on any atom is 0.410 e. The summed E-state index contributed by atoms with van der Waals surface area (Å²) < 4.78 is 5.35. The predicted molar refractivity (Wildman–Crippen MR) is 81.9 cm³/mol. The zero-order chi connectivity index (χ0) is 15.9. The summed E-state index contributed by atoms with van der Waals surface area (Å²) in [6.07, 6.45) is 4.27. The maximum absolute atomic E-state index is 12.0. The average Bonchev–Trinajstić information content (AvgIpc) is 2.46.